The topological polar surface area (TPSA) is 53.2 Å². The highest BCUT2D eigenvalue weighted by Gasteiger charge is 2.21. The molecular formula is C23H22N2O2S. The Hall–Kier alpha value is -2.92. The van der Waals surface area contributed by atoms with E-state index in [4.69, 9.17) is 0 Å². The number of pyridine rings is 1. The van der Waals surface area contributed by atoms with E-state index in [1.807, 2.05) is 58.0 Å². The second kappa shape index (κ2) is 6.91. The van der Waals surface area contributed by atoms with Crippen molar-refractivity contribution in [3.63, 3.8) is 0 Å². The number of aryl methyl sites for hydroxylation is 3. The number of aromatic amines is 1. The highest BCUT2D eigenvalue weighted by Crippen LogP contribution is 2.32. The number of hydrogen-bond donors (Lipinski definition) is 1. The summed E-state index contributed by atoms with van der Waals surface area (Å²) in [5.74, 6) is -0.0717. The van der Waals surface area contributed by atoms with Gasteiger partial charge in [0.1, 0.15) is 0 Å². The molecule has 1 amide bonds. The monoisotopic (exact) mass is 390 g/mol. The Kier molecular flexibility index (Phi) is 4.55. The van der Waals surface area contributed by atoms with Crippen LogP contribution < -0.4 is 10.5 Å². The summed E-state index contributed by atoms with van der Waals surface area (Å²) in [5.41, 5.74) is 4.84. The fourth-order valence-corrected chi connectivity index (χ4v) is 4.71. The van der Waals surface area contributed by atoms with Crippen molar-refractivity contribution >= 4 is 43.9 Å². The molecule has 2 heterocycles. The van der Waals surface area contributed by atoms with Crippen molar-refractivity contribution in [2.45, 2.75) is 27.7 Å². The number of carbonyl (C=O) groups excluding carboxylic acids is 1. The van der Waals surface area contributed by atoms with E-state index in [2.05, 4.69) is 11.1 Å². The maximum Gasteiger partial charge on any atom is 0.268 e. The fraction of sp³-hybridized carbons (Fsp3) is 0.217. The van der Waals surface area contributed by atoms with Gasteiger partial charge in [0.15, 0.2) is 0 Å². The molecular weight excluding hydrogens is 368 g/mol. The first-order valence-electron chi connectivity index (χ1n) is 9.34. The second-order valence-corrected chi connectivity index (χ2v) is 8.25. The van der Waals surface area contributed by atoms with Gasteiger partial charge >= 0.3 is 0 Å². The van der Waals surface area contributed by atoms with Crippen LogP contribution in [0, 0.1) is 20.8 Å². The van der Waals surface area contributed by atoms with Crippen LogP contribution in [0.4, 0.5) is 5.69 Å². The summed E-state index contributed by atoms with van der Waals surface area (Å²) in [6, 6.07) is 13.8. The summed E-state index contributed by atoms with van der Waals surface area (Å²) in [5, 5.41) is 1.55. The van der Waals surface area contributed by atoms with Gasteiger partial charge in [-0.25, -0.2) is 0 Å². The van der Waals surface area contributed by atoms with E-state index in [1.54, 1.807) is 11.0 Å². The molecule has 28 heavy (non-hydrogen) atoms. The minimum absolute atomic E-state index is 0.0717. The molecule has 0 saturated carbocycles. The lowest BCUT2D eigenvalue weighted by atomic mass is 10.1. The number of H-pyrrole nitrogens is 1. The lowest BCUT2D eigenvalue weighted by Gasteiger charge is -2.22. The molecule has 0 saturated heterocycles. The van der Waals surface area contributed by atoms with Crippen molar-refractivity contribution in [1.82, 2.24) is 4.98 Å². The molecule has 0 aliphatic carbocycles. The van der Waals surface area contributed by atoms with Gasteiger partial charge in [0, 0.05) is 27.8 Å². The molecule has 0 fully saturated rings. The molecule has 0 atom stereocenters. The highest BCUT2D eigenvalue weighted by atomic mass is 32.1. The molecule has 2 aromatic heterocycles. The molecule has 0 aliphatic rings. The van der Waals surface area contributed by atoms with Crippen LogP contribution in [0.1, 0.15) is 33.3 Å². The Morgan fingerprint density at radius 1 is 1.00 bits per heavy atom. The van der Waals surface area contributed by atoms with Crippen LogP contribution in [-0.4, -0.2) is 17.4 Å². The summed E-state index contributed by atoms with van der Waals surface area (Å²) in [4.78, 5) is 31.2. The van der Waals surface area contributed by atoms with Gasteiger partial charge in [0.25, 0.3) is 11.5 Å². The summed E-state index contributed by atoms with van der Waals surface area (Å²) in [6.45, 7) is 8.59. The molecule has 4 aromatic rings. The maximum atomic E-state index is 13.3. The number of thiophene rings is 1. The second-order valence-electron chi connectivity index (χ2n) is 7.20. The first-order chi connectivity index (χ1) is 13.4. The Morgan fingerprint density at radius 3 is 2.46 bits per heavy atom. The number of nitrogens with zero attached hydrogens (tertiary/aromatic N) is 1. The van der Waals surface area contributed by atoms with Crippen LogP contribution in [0.2, 0.25) is 0 Å². The lowest BCUT2D eigenvalue weighted by Crippen LogP contribution is -2.30. The quantitative estimate of drug-likeness (QED) is 0.514. The molecule has 0 radical (unpaired) electrons. The molecule has 0 spiro atoms. The normalized spacial score (nSPS) is 11.3. The molecule has 142 valence electrons. The Balaban J connectivity index is 1.88. The largest absolute Gasteiger partial charge is 0.321 e. The maximum absolute atomic E-state index is 13.3. The molecule has 2 aromatic carbocycles. The molecule has 0 aliphatic heterocycles. The summed E-state index contributed by atoms with van der Waals surface area (Å²) < 4.78 is 0.864. The highest BCUT2D eigenvalue weighted by molar-refractivity contribution is 7.21. The molecule has 5 heteroatoms. The van der Waals surface area contributed by atoms with Gasteiger partial charge in [-0.15, -0.1) is 11.3 Å². The SMILES string of the molecule is CCN(C(=O)c1cc2c(=O)[nH]c3ccc(C)cc3c2s1)c1cc(C)ccc1C. The zero-order chi connectivity index (χ0) is 20.0. The van der Waals surface area contributed by atoms with Crippen LogP contribution in [0.5, 0.6) is 0 Å². The van der Waals surface area contributed by atoms with Gasteiger partial charge in [-0.2, -0.15) is 0 Å². The van der Waals surface area contributed by atoms with Gasteiger partial charge < -0.3 is 9.88 Å². The van der Waals surface area contributed by atoms with E-state index < -0.39 is 0 Å². The first kappa shape index (κ1) is 18.4. The van der Waals surface area contributed by atoms with Gasteiger partial charge in [-0.05, 0) is 63.1 Å². The number of benzene rings is 2. The number of aromatic nitrogens is 1. The standard InChI is InChI=1S/C23H22N2O2S/c1-5-25(19-11-14(3)6-8-15(19)4)23(27)20-12-17-21(28-20)16-10-13(2)7-9-18(16)24-22(17)26/h6-12H,5H2,1-4H3,(H,24,26). The van der Waals surface area contributed by atoms with Crippen molar-refractivity contribution in [1.29, 1.82) is 0 Å². The number of nitrogens with one attached hydrogen (secondary N) is 1. The summed E-state index contributed by atoms with van der Waals surface area (Å²) in [6.07, 6.45) is 0. The van der Waals surface area contributed by atoms with E-state index >= 15 is 0 Å². The van der Waals surface area contributed by atoms with Gasteiger partial charge in [-0.1, -0.05) is 23.8 Å². The van der Waals surface area contributed by atoms with Crippen molar-refractivity contribution in [3.8, 4) is 0 Å². The molecule has 4 rings (SSSR count). The van der Waals surface area contributed by atoms with E-state index in [0.717, 1.165) is 38.0 Å². The minimum Gasteiger partial charge on any atom is -0.321 e. The number of rotatable bonds is 3. The third-order valence-electron chi connectivity index (χ3n) is 5.07. The van der Waals surface area contributed by atoms with Crippen molar-refractivity contribution < 1.29 is 4.79 Å². The predicted molar refractivity (Wildman–Crippen MR) is 118 cm³/mol. The third-order valence-corrected chi connectivity index (χ3v) is 6.23. The smallest absolute Gasteiger partial charge is 0.268 e. The number of anilines is 1. The zero-order valence-electron chi connectivity index (χ0n) is 16.4. The van der Waals surface area contributed by atoms with Crippen LogP contribution in [0.3, 0.4) is 0 Å². The zero-order valence-corrected chi connectivity index (χ0v) is 17.2. The van der Waals surface area contributed by atoms with E-state index in [1.165, 1.54) is 11.3 Å². The summed E-state index contributed by atoms with van der Waals surface area (Å²) >= 11 is 1.39. The number of amides is 1. The molecule has 0 bridgehead atoms. The van der Waals surface area contributed by atoms with Crippen LogP contribution in [0.25, 0.3) is 21.0 Å². The van der Waals surface area contributed by atoms with Crippen molar-refractivity contribution in [3.05, 3.63) is 74.4 Å². The Morgan fingerprint density at radius 2 is 1.71 bits per heavy atom. The number of hydrogen-bond acceptors (Lipinski definition) is 3. The molecule has 1 N–H and O–H groups in total. The van der Waals surface area contributed by atoms with E-state index in [0.29, 0.717) is 16.8 Å². The van der Waals surface area contributed by atoms with E-state index in [-0.39, 0.29) is 11.5 Å². The van der Waals surface area contributed by atoms with Gasteiger partial charge in [0.2, 0.25) is 0 Å². The van der Waals surface area contributed by atoms with Gasteiger partial charge in [0.05, 0.1) is 10.3 Å². The first-order valence-corrected chi connectivity index (χ1v) is 10.2. The number of fused-ring (bicyclic) bond motifs is 3. The minimum atomic E-state index is -0.156. The number of carbonyl (C=O) groups is 1. The average Bonchev–Trinajstić information content (AvgIpc) is 3.12. The Labute approximate surface area is 167 Å². The lowest BCUT2D eigenvalue weighted by molar-refractivity contribution is 0.0992. The predicted octanol–water partition coefficient (Wildman–Crippen LogP) is 5.33. The fourth-order valence-electron chi connectivity index (χ4n) is 3.58. The van der Waals surface area contributed by atoms with Crippen LogP contribution in [0.15, 0.2) is 47.3 Å². The van der Waals surface area contributed by atoms with Crippen molar-refractivity contribution in [2.24, 2.45) is 0 Å². The molecule has 0 unspecified atom stereocenters. The molecule has 4 nitrogen and oxygen atoms in total. The Bertz CT molecular complexity index is 1280. The van der Waals surface area contributed by atoms with Crippen LogP contribution in [-0.2, 0) is 0 Å². The van der Waals surface area contributed by atoms with E-state index in [9.17, 15) is 9.59 Å². The third kappa shape index (κ3) is 3.02. The summed E-state index contributed by atoms with van der Waals surface area (Å²) in [7, 11) is 0. The van der Waals surface area contributed by atoms with Crippen molar-refractivity contribution in [2.75, 3.05) is 11.4 Å². The van der Waals surface area contributed by atoms with Crippen LogP contribution >= 0.6 is 11.3 Å². The average molecular weight is 391 g/mol. The van der Waals surface area contributed by atoms with Gasteiger partial charge in [-0.3, -0.25) is 9.59 Å².